The van der Waals surface area contributed by atoms with E-state index in [0.29, 0.717) is 44.7 Å². The summed E-state index contributed by atoms with van der Waals surface area (Å²) in [7, 11) is 0. The average molecular weight is 542 g/mol. The number of carbonyl (C=O) groups is 2. The minimum Gasteiger partial charge on any atom is -0.377 e. The molecule has 1 unspecified atom stereocenters. The molecular formula is C29H47N7O3. The second-order valence-electron chi connectivity index (χ2n) is 10.6. The maximum Gasteiger partial charge on any atom is 0.319 e. The predicted octanol–water partition coefficient (Wildman–Crippen LogP) is 4.40. The summed E-state index contributed by atoms with van der Waals surface area (Å²) in [6, 6.07) is 8.33. The molecule has 0 bridgehead atoms. The van der Waals surface area contributed by atoms with Crippen molar-refractivity contribution >= 4 is 23.6 Å². The van der Waals surface area contributed by atoms with Crippen LogP contribution < -0.4 is 20.9 Å². The number of rotatable bonds is 6. The van der Waals surface area contributed by atoms with Gasteiger partial charge in [0.15, 0.2) is 0 Å². The molecule has 3 N–H and O–H groups in total. The Morgan fingerprint density at radius 3 is 2.62 bits per heavy atom. The van der Waals surface area contributed by atoms with Crippen LogP contribution in [0.15, 0.2) is 24.3 Å². The zero-order valence-electron chi connectivity index (χ0n) is 23.3. The maximum atomic E-state index is 13.1. The molecule has 1 aliphatic carbocycles. The fraction of sp³-hybridized carbons (Fsp3) is 0.586. The number of amides is 3. The Morgan fingerprint density at radius 1 is 1.13 bits per heavy atom. The van der Waals surface area contributed by atoms with E-state index in [4.69, 9.17) is 14.7 Å². The highest BCUT2D eigenvalue weighted by molar-refractivity contribution is 5.90. The van der Waals surface area contributed by atoms with E-state index >= 15 is 0 Å². The summed E-state index contributed by atoms with van der Waals surface area (Å²) in [6.45, 7) is 10.1. The number of fused-ring (bicyclic) bond motifs is 1. The number of nitrogens with one attached hydrogen (secondary N) is 3. The Labute approximate surface area is 235 Å². The van der Waals surface area contributed by atoms with E-state index < -0.39 is 0 Å². The van der Waals surface area contributed by atoms with Gasteiger partial charge in [-0.25, -0.2) is 14.8 Å². The molecule has 3 amide bonds. The van der Waals surface area contributed by atoms with Gasteiger partial charge in [0.2, 0.25) is 11.9 Å². The van der Waals surface area contributed by atoms with Crippen LogP contribution in [-0.2, 0) is 22.6 Å². The molecule has 39 heavy (non-hydrogen) atoms. The van der Waals surface area contributed by atoms with Gasteiger partial charge in [-0.1, -0.05) is 26.0 Å². The molecular weight excluding hydrogens is 494 g/mol. The van der Waals surface area contributed by atoms with Crippen LogP contribution in [0.4, 0.5) is 16.4 Å². The molecule has 6 rings (SSSR count). The Hall–Kier alpha value is -3.24. The smallest absolute Gasteiger partial charge is 0.319 e. The fourth-order valence-electron chi connectivity index (χ4n) is 5.37. The molecule has 3 fully saturated rings. The second kappa shape index (κ2) is 12.3. The monoisotopic (exact) mass is 541 g/mol. The van der Waals surface area contributed by atoms with Gasteiger partial charge in [-0.2, -0.15) is 0 Å². The summed E-state index contributed by atoms with van der Waals surface area (Å²) in [5.74, 6) is 0.841. The number of anilines is 2. The molecule has 1 aromatic carbocycles. The molecule has 10 heteroatoms. The van der Waals surface area contributed by atoms with Gasteiger partial charge in [0, 0.05) is 46.1 Å². The van der Waals surface area contributed by atoms with Crippen molar-refractivity contribution in [3.05, 3.63) is 35.5 Å². The highest BCUT2D eigenvalue weighted by atomic mass is 16.5. The molecule has 3 aliphatic heterocycles. The SMILES string of the molecule is CC.C[C@H]1COCCN1c1nc2c(c(-c3ccc(NC(=O)NC4CC4)cc3)n1)CN(C(=O)CC1CCCN1)C2.[HH].[HH].[HH]. The number of hydrogen-bond donors (Lipinski definition) is 3. The van der Waals surface area contributed by atoms with E-state index in [1.165, 1.54) is 0 Å². The van der Waals surface area contributed by atoms with E-state index in [9.17, 15) is 9.59 Å². The third-order valence-electron chi connectivity index (χ3n) is 7.66. The highest BCUT2D eigenvalue weighted by Gasteiger charge is 2.32. The van der Waals surface area contributed by atoms with Crippen molar-refractivity contribution in [1.29, 1.82) is 0 Å². The van der Waals surface area contributed by atoms with Crippen LogP contribution in [0.5, 0.6) is 0 Å². The van der Waals surface area contributed by atoms with E-state index in [1.807, 2.05) is 43.0 Å². The molecule has 2 aromatic rings. The van der Waals surface area contributed by atoms with Gasteiger partial charge in [0.25, 0.3) is 0 Å². The number of benzene rings is 1. The number of nitrogens with zero attached hydrogens (tertiary/aromatic N) is 4. The van der Waals surface area contributed by atoms with Crippen molar-refractivity contribution in [3.8, 4) is 11.3 Å². The minimum absolute atomic E-state index is 0. The average Bonchev–Trinajstić information content (AvgIpc) is 3.41. The van der Waals surface area contributed by atoms with Crippen molar-refractivity contribution in [3.63, 3.8) is 0 Å². The number of aromatic nitrogens is 2. The standard InChI is InChI=1S/C27H35N7O3.C2H6.3H2/c1-17-16-37-12-11-34(17)26-31-23-15-33(24(35)13-21-3-2-10-28-21)14-22(23)25(32-26)18-4-6-19(7-5-18)29-27(36)30-20-8-9-20;1-2;;;/h4-7,17,20-21,28H,2-3,8-16H2,1H3,(H2,29,30,36);1-2H3;3*1H/t17-,21?;;;;/m0..../s1. The Morgan fingerprint density at radius 2 is 1.92 bits per heavy atom. The molecule has 1 aromatic heterocycles. The molecule has 4 heterocycles. The molecule has 2 atom stereocenters. The molecule has 216 valence electrons. The third kappa shape index (κ3) is 6.50. The highest BCUT2D eigenvalue weighted by Crippen LogP contribution is 2.34. The van der Waals surface area contributed by atoms with Crippen molar-refractivity contribution in [2.75, 3.05) is 36.5 Å². The van der Waals surface area contributed by atoms with Gasteiger partial charge in [0.1, 0.15) is 0 Å². The Bertz CT molecular complexity index is 1180. The van der Waals surface area contributed by atoms with Gasteiger partial charge < -0.3 is 30.5 Å². The van der Waals surface area contributed by atoms with Crippen LogP contribution in [0.25, 0.3) is 11.3 Å². The zero-order chi connectivity index (χ0) is 27.4. The maximum absolute atomic E-state index is 13.1. The van der Waals surface area contributed by atoms with Crippen LogP contribution in [0, 0.1) is 0 Å². The predicted molar refractivity (Wildman–Crippen MR) is 158 cm³/mol. The third-order valence-corrected chi connectivity index (χ3v) is 7.66. The lowest BCUT2D eigenvalue weighted by molar-refractivity contribution is -0.132. The number of hydrogen-bond acceptors (Lipinski definition) is 7. The van der Waals surface area contributed by atoms with E-state index in [2.05, 4.69) is 27.8 Å². The lowest BCUT2D eigenvalue weighted by Gasteiger charge is -2.33. The van der Waals surface area contributed by atoms with Gasteiger partial charge in [-0.15, -0.1) is 0 Å². The lowest BCUT2D eigenvalue weighted by Crippen LogP contribution is -2.44. The molecule has 1 saturated carbocycles. The van der Waals surface area contributed by atoms with Crippen LogP contribution in [-0.4, -0.2) is 71.2 Å². The van der Waals surface area contributed by atoms with Crippen molar-refractivity contribution in [2.45, 2.75) is 84.1 Å². The normalized spacial score (nSPS) is 22.1. The van der Waals surface area contributed by atoms with Gasteiger partial charge in [0.05, 0.1) is 43.7 Å². The lowest BCUT2D eigenvalue weighted by atomic mass is 10.1. The van der Waals surface area contributed by atoms with Crippen molar-refractivity contribution in [2.24, 2.45) is 0 Å². The number of urea groups is 1. The quantitative estimate of drug-likeness (QED) is 0.497. The topological polar surface area (TPSA) is 112 Å². The first-order valence-electron chi connectivity index (χ1n) is 14.5. The molecule has 4 aliphatic rings. The van der Waals surface area contributed by atoms with E-state index in [-0.39, 0.29) is 28.3 Å². The first kappa shape index (κ1) is 27.3. The van der Waals surface area contributed by atoms with Gasteiger partial charge in [-0.05, 0) is 51.3 Å². The second-order valence-corrected chi connectivity index (χ2v) is 10.6. The van der Waals surface area contributed by atoms with Gasteiger partial charge >= 0.3 is 6.03 Å². The Balaban J connectivity index is 0.00000121. The number of ether oxygens (including phenoxy) is 1. The van der Waals surface area contributed by atoms with Crippen molar-refractivity contribution in [1.82, 2.24) is 25.5 Å². The molecule has 2 saturated heterocycles. The van der Waals surface area contributed by atoms with E-state index in [0.717, 1.165) is 67.0 Å². The van der Waals surface area contributed by atoms with E-state index in [1.54, 1.807) is 0 Å². The van der Waals surface area contributed by atoms with Crippen LogP contribution in [0.3, 0.4) is 0 Å². The summed E-state index contributed by atoms with van der Waals surface area (Å²) in [4.78, 5) is 39.4. The summed E-state index contributed by atoms with van der Waals surface area (Å²) in [5.41, 5.74) is 4.44. The summed E-state index contributed by atoms with van der Waals surface area (Å²) in [5, 5.41) is 9.28. The van der Waals surface area contributed by atoms with Crippen LogP contribution >= 0.6 is 0 Å². The van der Waals surface area contributed by atoms with Crippen LogP contribution in [0.1, 0.15) is 68.4 Å². The summed E-state index contributed by atoms with van der Waals surface area (Å²) >= 11 is 0. The molecule has 10 nitrogen and oxygen atoms in total. The Kier molecular flexibility index (Phi) is 8.62. The first-order valence-corrected chi connectivity index (χ1v) is 14.5. The number of morpholine rings is 1. The van der Waals surface area contributed by atoms with Gasteiger partial charge in [-0.3, -0.25) is 4.79 Å². The first-order chi connectivity index (χ1) is 19.0. The minimum atomic E-state index is -0.173. The summed E-state index contributed by atoms with van der Waals surface area (Å²) in [6.07, 6.45) is 4.79. The zero-order valence-corrected chi connectivity index (χ0v) is 23.3. The largest absolute Gasteiger partial charge is 0.377 e. The van der Waals surface area contributed by atoms with Crippen molar-refractivity contribution < 1.29 is 18.6 Å². The van der Waals surface area contributed by atoms with Crippen LogP contribution in [0.2, 0.25) is 0 Å². The molecule has 0 spiro atoms. The molecule has 0 radical (unpaired) electrons. The fourth-order valence-corrected chi connectivity index (χ4v) is 5.37. The summed E-state index contributed by atoms with van der Waals surface area (Å²) < 4.78 is 5.63. The number of carbonyl (C=O) groups excluding carboxylic acids is 2.